The van der Waals surface area contributed by atoms with Crippen LogP contribution in [0, 0.1) is 0 Å². The Kier molecular flexibility index (Phi) is 7.05. The van der Waals surface area contributed by atoms with Crippen molar-refractivity contribution in [3.8, 4) is 0 Å². The largest absolute Gasteiger partial charge is 0.370 e. The molecule has 6 nitrogen and oxygen atoms in total. The van der Waals surface area contributed by atoms with Crippen LogP contribution in [0.4, 0.5) is 5.69 Å². The van der Waals surface area contributed by atoms with Crippen LogP contribution in [0.15, 0.2) is 60.7 Å². The van der Waals surface area contributed by atoms with Gasteiger partial charge in [0.05, 0.1) is 0 Å². The molecule has 5 rings (SSSR count). The van der Waals surface area contributed by atoms with E-state index in [1.807, 2.05) is 36.4 Å². The van der Waals surface area contributed by atoms with Crippen molar-refractivity contribution in [1.29, 1.82) is 0 Å². The highest BCUT2D eigenvalue weighted by Gasteiger charge is 2.28. The van der Waals surface area contributed by atoms with Gasteiger partial charge in [0.2, 0.25) is 11.8 Å². The molecule has 0 heterocycles. The first-order chi connectivity index (χ1) is 17.5. The van der Waals surface area contributed by atoms with Gasteiger partial charge in [-0.2, -0.15) is 0 Å². The minimum Gasteiger partial charge on any atom is -0.370 e. The smallest absolute Gasteiger partial charge is 0.248 e. The average molecular weight is 483 g/mol. The summed E-state index contributed by atoms with van der Waals surface area (Å²) < 4.78 is 0. The summed E-state index contributed by atoms with van der Waals surface area (Å²) in [4.78, 5) is 25.7. The summed E-state index contributed by atoms with van der Waals surface area (Å²) in [6, 6.07) is 19.7. The molecule has 0 aromatic heterocycles. The van der Waals surface area contributed by atoms with Crippen LogP contribution in [-0.2, 0) is 4.79 Å². The maximum Gasteiger partial charge on any atom is 0.248 e. The third kappa shape index (κ3) is 5.14. The van der Waals surface area contributed by atoms with Crippen LogP contribution in [0.3, 0.4) is 0 Å². The number of benzene rings is 3. The van der Waals surface area contributed by atoms with E-state index in [-0.39, 0.29) is 18.0 Å². The zero-order chi connectivity index (χ0) is 25.1. The molecule has 3 aromatic rings. The second-order valence-corrected chi connectivity index (χ2v) is 10.0. The number of carbonyl (C=O) groups is 2. The Morgan fingerprint density at radius 1 is 0.944 bits per heavy atom. The summed E-state index contributed by atoms with van der Waals surface area (Å²) in [5.41, 5.74) is 14.1. The molecule has 0 bridgehead atoms. The number of anilines is 1. The van der Waals surface area contributed by atoms with E-state index in [1.54, 1.807) is 6.07 Å². The lowest BCUT2D eigenvalue weighted by Gasteiger charge is -2.30. The van der Waals surface area contributed by atoms with Gasteiger partial charge in [0.15, 0.2) is 0 Å². The van der Waals surface area contributed by atoms with Gasteiger partial charge in [0, 0.05) is 28.7 Å². The average Bonchev–Trinajstić information content (AvgIpc) is 3.10. The van der Waals surface area contributed by atoms with Gasteiger partial charge in [-0.25, -0.2) is 0 Å². The molecule has 1 atom stereocenters. The van der Waals surface area contributed by atoms with Crippen molar-refractivity contribution < 1.29 is 9.59 Å². The summed E-state index contributed by atoms with van der Waals surface area (Å²) in [6.45, 7) is 0. The third-order valence-corrected chi connectivity index (χ3v) is 7.51. The fraction of sp³-hybridized carbons (Fsp3) is 0.333. The fourth-order valence-electron chi connectivity index (χ4n) is 5.53. The topological polar surface area (TPSA) is 110 Å². The molecule has 3 aromatic carbocycles. The molecule has 36 heavy (non-hydrogen) atoms. The molecular formula is C30H34N4O2. The Hall–Kier alpha value is -3.64. The van der Waals surface area contributed by atoms with Gasteiger partial charge in [-0.05, 0) is 84.5 Å². The molecule has 1 fully saturated rings. The van der Waals surface area contributed by atoms with E-state index < -0.39 is 11.9 Å². The molecule has 6 heteroatoms. The van der Waals surface area contributed by atoms with E-state index in [9.17, 15) is 9.59 Å². The van der Waals surface area contributed by atoms with E-state index in [0.29, 0.717) is 5.56 Å². The SMILES string of the molecule is NC(=O)c1ccc2c(c1)=CCCCC=2C(Nc1cccc2ccccc12)C(=O)N[C@H]1CC[C@H](N)CC1. The first-order valence-electron chi connectivity index (χ1n) is 12.9. The lowest BCUT2D eigenvalue weighted by atomic mass is 9.91. The number of primary amides is 1. The van der Waals surface area contributed by atoms with E-state index >= 15 is 0 Å². The van der Waals surface area contributed by atoms with Crippen molar-refractivity contribution in [1.82, 2.24) is 5.32 Å². The quantitative estimate of drug-likeness (QED) is 0.433. The van der Waals surface area contributed by atoms with Crippen molar-refractivity contribution in [2.45, 2.75) is 63.1 Å². The Morgan fingerprint density at radius 2 is 1.72 bits per heavy atom. The number of carbonyl (C=O) groups excluding carboxylic acids is 2. The van der Waals surface area contributed by atoms with E-state index in [2.05, 4.69) is 34.9 Å². The Balaban J connectivity index is 1.59. The highest BCUT2D eigenvalue weighted by atomic mass is 16.2. The first kappa shape index (κ1) is 24.1. The number of rotatable bonds is 6. The molecule has 1 saturated carbocycles. The van der Waals surface area contributed by atoms with Gasteiger partial charge >= 0.3 is 0 Å². The van der Waals surface area contributed by atoms with Crippen molar-refractivity contribution in [2.75, 3.05) is 5.32 Å². The standard InChI is InChI=1S/C30H34N4O2/c31-22-13-15-23(16-14-22)33-30(36)28(34-27-11-5-8-19-6-1-3-9-25(19)27)26-10-4-2-7-20-18-21(29(32)35)12-17-24(20)26/h1,3,5-9,11-12,17-18,22-23,28,34H,2,4,10,13-16,31H2,(H2,32,35)(H,33,36)/t22-,23-,28?. The molecule has 0 saturated heterocycles. The van der Waals surface area contributed by atoms with Gasteiger partial charge in [-0.15, -0.1) is 0 Å². The summed E-state index contributed by atoms with van der Waals surface area (Å²) in [5.74, 6) is -0.471. The van der Waals surface area contributed by atoms with Crippen LogP contribution in [0.2, 0.25) is 0 Å². The maximum absolute atomic E-state index is 13.9. The van der Waals surface area contributed by atoms with Crippen molar-refractivity contribution in [3.05, 3.63) is 76.7 Å². The molecule has 2 aliphatic rings. The number of amides is 2. The summed E-state index contributed by atoms with van der Waals surface area (Å²) >= 11 is 0. The lowest BCUT2D eigenvalue weighted by Crippen LogP contribution is -2.49. The lowest BCUT2D eigenvalue weighted by molar-refractivity contribution is -0.121. The van der Waals surface area contributed by atoms with Gasteiger partial charge in [-0.3, -0.25) is 9.59 Å². The number of hydrogen-bond acceptors (Lipinski definition) is 4. The summed E-state index contributed by atoms with van der Waals surface area (Å²) in [5, 5.41) is 11.1. The van der Waals surface area contributed by atoms with Crippen molar-refractivity contribution >= 4 is 39.9 Å². The van der Waals surface area contributed by atoms with Crippen molar-refractivity contribution in [2.24, 2.45) is 11.5 Å². The molecule has 186 valence electrons. The van der Waals surface area contributed by atoms with E-state index in [1.165, 1.54) is 0 Å². The number of nitrogens with one attached hydrogen (secondary N) is 2. The Labute approximate surface area is 211 Å². The number of nitrogens with two attached hydrogens (primary N) is 2. The monoisotopic (exact) mass is 482 g/mol. The molecule has 0 radical (unpaired) electrons. The van der Waals surface area contributed by atoms with Gasteiger partial charge in [0.1, 0.15) is 6.04 Å². The maximum atomic E-state index is 13.9. The van der Waals surface area contributed by atoms with Crippen LogP contribution in [0.5, 0.6) is 0 Å². The number of fused-ring (bicyclic) bond motifs is 2. The molecule has 0 aliphatic heterocycles. The highest BCUT2D eigenvalue weighted by molar-refractivity contribution is 6.00. The minimum atomic E-state index is -0.545. The van der Waals surface area contributed by atoms with Crippen LogP contribution < -0.4 is 32.5 Å². The third-order valence-electron chi connectivity index (χ3n) is 7.51. The second-order valence-electron chi connectivity index (χ2n) is 10.0. The van der Waals surface area contributed by atoms with Crippen LogP contribution in [0.25, 0.3) is 22.4 Å². The number of hydrogen-bond donors (Lipinski definition) is 4. The molecule has 1 unspecified atom stereocenters. The van der Waals surface area contributed by atoms with E-state index in [4.69, 9.17) is 11.5 Å². The zero-order valence-electron chi connectivity index (χ0n) is 20.5. The molecular weight excluding hydrogens is 448 g/mol. The minimum absolute atomic E-state index is 0.0229. The Morgan fingerprint density at radius 3 is 2.53 bits per heavy atom. The van der Waals surface area contributed by atoms with Crippen LogP contribution >= 0.6 is 0 Å². The normalized spacial score (nSPS) is 20.5. The van der Waals surface area contributed by atoms with Gasteiger partial charge < -0.3 is 22.1 Å². The van der Waals surface area contributed by atoms with Crippen molar-refractivity contribution in [3.63, 3.8) is 0 Å². The second kappa shape index (κ2) is 10.5. The zero-order valence-corrected chi connectivity index (χ0v) is 20.5. The Bertz CT molecular complexity index is 1400. The fourth-order valence-corrected chi connectivity index (χ4v) is 5.53. The predicted octanol–water partition coefficient (Wildman–Crippen LogP) is 2.92. The summed E-state index contributed by atoms with van der Waals surface area (Å²) in [7, 11) is 0. The van der Waals surface area contributed by atoms with Crippen LogP contribution in [-0.4, -0.2) is 29.9 Å². The summed E-state index contributed by atoms with van der Waals surface area (Å²) in [6.07, 6.45) is 8.38. The van der Waals surface area contributed by atoms with Gasteiger partial charge in [0.25, 0.3) is 0 Å². The molecule has 2 amide bonds. The highest BCUT2D eigenvalue weighted by Crippen LogP contribution is 2.27. The predicted molar refractivity (Wildman–Crippen MR) is 146 cm³/mol. The van der Waals surface area contributed by atoms with Crippen LogP contribution in [0.1, 0.15) is 55.3 Å². The first-order valence-corrected chi connectivity index (χ1v) is 12.9. The molecule has 6 N–H and O–H groups in total. The van der Waals surface area contributed by atoms with Gasteiger partial charge in [-0.1, -0.05) is 48.5 Å². The molecule has 2 aliphatic carbocycles. The van der Waals surface area contributed by atoms with E-state index in [0.717, 1.165) is 77.4 Å². The molecule has 0 spiro atoms.